The average molecular weight is 423 g/mol. The summed E-state index contributed by atoms with van der Waals surface area (Å²) in [5, 5.41) is 23.8. The predicted molar refractivity (Wildman–Crippen MR) is 111 cm³/mol. The van der Waals surface area contributed by atoms with E-state index < -0.39 is 11.1 Å². The molecule has 0 fully saturated rings. The van der Waals surface area contributed by atoms with E-state index >= 15 is 0 Å². The molecule has 0 aliphatic heterocycles. The Labute approximate surface area is 178 Å². The minimum Gasteiger partial charge on any atom is -0.462 e. The normalized spacial score (nSPS) is 10.8. The van der Waals surface area contributed by atoms with Crippen molar-refractivity contribution in [1.82, 2.24) is 14.8 Å². The van der Waals surface area contributed by atoms with Crippen LogP contribution in [0.4, 0.5) is 0 Å². The van der Waals surface area contributed by atoms with Gasteiger partial charge in [0.1, 0.15) is 6.07 Å². The van der Waals surface area contributed by atoms with Gasteiger partial charge in [-0.25, -0.2) is 4.79 Å². The fourth-order valence-corrected chi connectivity index (χ4v) is 3.08. The summed E-state index contributed by atoms with van der Waals surface area (Å²) in [7, 11) is 0. The van der Waals surface area contributed by atoms with Crippen LogP contribution in [-0.4, -0.2) is 39.0 Å². The molecule has 2 aromatic heterocycles. The minimum atomic E-state index is -0.852. The van der Waals surface area contributed by atoms with Crippen molar-refractivity contribution in [3.63, 3.8) is 0 Å². The zero-order chi connectivity index (χ0) is 22.4. The molecule has 0 aliphatic carbocycles. The molecule has 0 bridgehead atoms. The van der Waals surface area contributed by atoms with Gasteiger partial charge in [0.2, 0.25) is 0 Å². The van der Waals surface area contributed by atoms with Gasteiger partial charge in [-0.15, -0.1) is 10.1 Å². The molecule has 0 saturated heterocycles. The van der Waals surface area contributed by atoms with Crippen molar-refractivity contribution in [1.29, 1.82) is 5.26 Å². The number of ether oxygens (including phenoxy) is 1. The summed E-state index contributed by atoms with van der Waals surface area (Å²) < 4.78 is 7.02. The van der Waals surface area contributed by atoms with Gasteiger partial charge in [-0.3, -0.25) is 9.67 Å². The van der Waals surface area contributed by atoms with Crippen LogP contribution in [0, 0.1) is 21.4 Å². The lowest BCUT2D eigenvalue weighted by atomic mass is 10.1. The molecule has 0 atom stereocenters. The van der Waals surface area contributed by atoms with Gasteiger partial charge in [-0.05, 0) is 51.0 Å². The van der Waals surface area contributed by atoms with Gasteiger partial charge in [-0.1, -0.05) is 6.07 Å². The third-order valence-corrected chi connectivity index (χ3v) is 4.56. The molecular formula is C21H21N5O5. The van der Waals surface area contributed by atoms with E-state index in [2.05, 4.69) is 21.0 Å². The number of unbranched alkanes of at least 4 members (excludes halogenated alkanes) is 1. The monoisotopic (exact) mass is 423 g/mol. The summed E-state index contributed by atoms with van der Waals surface area (Å²) in [5.74, 6) is -0.509. The highest BCUT2D eigenvalue weighted by Gasteiger charge is 2.15. The zero-order valence-corrected chi connectivity index (χ0v) is 17.1. The van der Waals surface area contributed by atoms with Gasteiger partial charge >= 0.3 is 5.97 Å². The van der Waals surface area contributed by atoms with E-state index in [1.54, 1.807) is 16.8 Å². The fourth-order valence-electron chi connectivity index (χ4n) is 3.08. The van der Waals surface area contributed by atoms with Crippen molar-refractivity contribution in [2.75, 3.05) is 13.2 Å². The number of pyridine rings is 1. The van der Waals surface area contributed by atoms with Gasteiger partial charge in [0.15, 0.2) is 5.69 Å². The first-order valence-corrected chi connectivity index (χ1v) is 9.74. The topological polar surface area (TPSA) is 133 Å². The second-order valence-electron chi connectivity index (χ2n) is 7.06. The lowest BCUT2D eigenvalue weighted by Crippen LogP contribution is -2.08. The van der Waals surface area contributed by atoms with Gasteiger partial charge in [0.25, 0.3) is 5.09 Å². The van der Waals surface area contributed by atoms with Crippen LogP contribution in [0.1, 0.15) is 48.8 Å². The van der Waals surface area contributed by atoms with E-state index in [0.29, 0.717) is 29.8 Å². The van der Waals surface area contributed by atoms with E-state index in [1.807, 2.05) is 32.0 Å². The maximum atomic E-state index is 12.3. The molecule has 3 rings (SSSR count). The van der Waals surface area contributed by atoms with Crippen molar-refractivity contribution in [3.8, 4) is 17.3 Å². The highest BCUT2D eigenvalue weighted by Crippen LogP contribution is 2.27. The molecule has 0 N–H and O–H groups in total. The number of carbonyl (C=O) groups is 1. The quantitative estimate of drug-likeness (QED) is 0.220. The van der Waals surface area contributed by atoms with Gasteiger partial charge < -0.3 is 9.57 Å². The molecule has 0 unspecified atom stereocenters. The Bertz CT molecular complexity index is 1150. The van der Waals surface area contributed by atoms with Crippen molar-refractivity contribution in [2.45, 2.75) is 32.7 Å². The van der Waals surface area contributed by atoms with Crippen LogP contribution in [0.15, 0.2) is 36.5 Å². The molecule has 2 heterocycles. The van der Waals surface area contributed by atoms with Crippen LogP contribution in [0.3, 0.4) is 0 Å². The summed E-state index contributed by atoms with van der Waals surface area (Å²) in [6.45, 7) is 4.08. The van der Waals surface area contributed by atoms with Crippen LogP contribution in [-0.2, 0) is 9.57 Å². The minimum absolute atomic E-state index is 0.0372. The Hall–Kier alpha value is -4.00. The molecule has 31 heavy (non-hydrogen) atoms. The van der Waals surface area contributed by atoms with Gasteiger partial charge in [0, 0.05) is 23.2 Å². The molecule has 0 saturated carbocycles. The van der Waals surface area contributed by atoms with Gasteiger partial charge in [-0.2, -0.15) is 10.4 Å². The first-order chi connectivity index (χ1) is 14.9. The summed E-state index contributed by atoms with van der Waals surface area (Å²) in [5.41, 5.74) is 2.84. The molecule has 0 aliphatic rings. The second-order valence-corrected chi connectivity index (χ2v) is 7.06. The van der Waals surface area contributed by atoms with E-state index in [0.717, 1.165) is 16.5 Å². The van der Waals surface area contributed by atoms with E-state index in [1.165, 1.54) is 6.20 Å². The molecule has 0 radical (unpaired) electrons. The number of nitrogens with zero attached hydrogens (tertiary/aromatic N) is 5. The van der Waals surface area contributed by atoms with Crippen molar-refractivity contribution in [2.24, 2.45) is 0 Å². The Morgan fingerprint density at radius 1 is 1.26 bits per heavy atom. The zero-order valence-electron chi connectivity index (χ0n) is 17.1. The summed E-state index contributed by atoms with van der Waals surface area (Å²) in [6, 6.07) is 11.0. The van der Waals surface area contributed by atoms with Crippen molar-refractivity contribution < 1.29 is 19.5 Å². The Balaban J connectivity index is 1.74. The third kappa shape index (κ3) is 5.14. The lowest BCUT2D eigenvalue weighted by Gasteiger charge is -2.08. The summed E-state index contributed by atoms with van der Waals surface area (Å²) in [6.07, 6.45) is 2.37. The maximum absolute atomic E-state index is 12.3. The number of hydrogen-bond acceptors (Lipinski definition) is 8. The third-order valence-electron chi connectivity index (χ3n) is 4.56. The smallest absolute Gasteiger partial charge is 0.338 e. The van der Waals surface area contributed by atoms with E-state index in [-0.39, 0.29) is 19.3 Å². The van der Waals surface area contributed by atoms with Crippen LogP contribution >= 0.6 is 0 Å². The number of carbonyl (C=O) groups excluding carboxylic acids is 1. The first kappa shape index (κ1) is 21.7. The predicted octanol–water partition coefficient (Wildman–Crippen LogP) is 3.70. The number of nitriles is 1. The number of hydrogen-bond donors (Lipinski definition) is 0. The number of esters is 1. The summed E-state index contributed by atoms with van der Waals surface area (Å²) in [4.78, 5) is 30.9. The fraction of sp³-hybridized carbons (Fsp3) is 0.333. The van der Waals surface area contributed by atoms with Crippen LogP contribution in [0.25, 0.3) is 22.2 Å². The molecule has 3 aromatic rings. The number of rotatable bonds is 9. The Morgan fingerprint density at radius 3 is 2.74 bits per heavy atom. The molecule has 160 valence electrons. The molecule has 0 amide bonds. The SMILES string of the molecule is CC(C)n1nc(C#N)c2cc(-c3cc(C(=O)OCCCCO[N+](=O)[O-])ccn3)ccc21. The molecule has 10 nitrogen and oxygen atoms in total. The number of benzene rings is 1. The highest BCUT2D eigenvalue weighted by atomic mass is 16.9. The second kappa shape index (κ2) is 9.67. The van der Waals surface area contributed by atoms with Crippen LogP contribution < -0.4 is 0 Å². The highest BCUT2D eigenvalue weighted by molar-refractivity contribution is 5.92. The van der Waals surface area contributed by atoms with Crippen LogP contribution in [0.5, 0.6) is 0 Å². The maximum Gasteiger partial charge on any atom is 0.338 e. The van der Waals surface area contributed by atoms with Gasteiger partial charge in [0.05, 0.1) is 30.0 Å². The number of aromatic nitrogens is 3. The molecular weight excluding hydrogens is 402 g/mol. The molecule has 0 spiro atoms. The van der Waals surface area contributed by atoms with Crippen molar-refractivity contribution >= 4 is 16.9 Å². The van der Waals surface area contributed by atoms with E-state index in [4.69, 9.17) is 4.74 Å². The lowest BCUT2D eigenvalue weighted by molar-refractivity contribution is -0.757. The Kier molecular flexibility index (Phi) is 6.77. The standard InChI is InChI=1S/C21H21N5O5/c1-14(2)25-20-6-5-15(11-17(20)19(13-22)24-25)18-12-16(7-8-23-18)21(27)30-9-3-4-10-31-26(28)29/h5-8,11-12,14H,3-4,9-10H2,1-2H3. The average Bonchev–Trinajstić information content (AvgIpc) is 3.14. The molecule has 1 aromatic carbocycles. The van der Waals surface area contributed by atoms with Crippen molar-refractivity contribution in [3.05, 3.63) is 57.9 Å². The largest absolute Gasteiger partial charge is 0.462 e. The Morgan fingerprint density at radius 2 is 2.03 bits per heavy atom. The van der Waals surface area contributed by atoms with Crippen LogP contribution in [0.2, 0.25) is 0 Å². The summed E-state index contributed by atoms with van der Waals surface area (Å²) >= 11 is 0. The first-order valence-electron chi connectivity index (χ1n) is 9.74. The van der Waals surface area contributed by atoms with E-state index in [9.17, 15) is 20.2 Å². The number of fused-ring (bicyclic) bond motifs is 1. The molecule has 10 heteroatoms.